The second-order valence-corrected chi connectivity index (χ2v) is 6.63. The summed E-state index contributed by atoms with van der Waals surface area (Å²) in [5.41, 5.74) is 4.68. The van der Waals surface area contributed by atoms with Crippen molar-refractivity contribution in [1.82, 2.24) is 20.3 Å². The number of nitrogens with one attached hydrogen (secondary N) is 1. The van der Waals surface area contributed by atoms with Crippen molar-refractivity contribution in [3.63, 3.8) is 0 Å². The van der Waals surface area contributed by atoms with Crippen LogP contribution in [-0.2, 0) is 0 Å². The molecule has 128 valence electrons. The van der Waals surface area contributed by atoms with E-state index in [2.05, 4.69) is 46.5 Å². The first-order valence-corrected chi connectivity index (χ1v) is 8.82. The van der Waals surface area contributed by atoms with Crippen LogP contribution in [-0.4, -0.2) is 34.6 Å². The smallest absolute Gasteiger partial charge is 0.242 e. The van der Waals surface area contributed by atoms with Gasteiger partial charge < -0.3 is 10.1 Å². The molecule has 4 rings (SSSR count). The highest BCUT2D eigenvalue weighted by Crippen LogP contribution is 2.27. The lowest BCUT2D eigenvalue weighted by Gasteiger charge is -2.22. The minimum atomic E-state index is 0.519. The van der Waals surface area contributed by atoms with Crippen molar-refractivity contribution >= 4 is 11.0 Å². The molecule has 0 unspecified atom stereocenters. The van der Waals surface area contributed by atoms with Crippen molar-refractivity contribution in [2.45, 2.75) is 19.8 Å². The van der Waals surface area contributed by atoms with Crippen molar-refractivity contribution in [3.05, 3.63) is 48.3 Å². The highest BCUT2D eigenvalue weighted by atomic mass is 16.5. The molecule has 1 aromatic carbocycles. The second-order valence-electron chi connectivity index (χ2n) is 6.63. The lowest BCUT2D eigenvalue weighted by Crippen LogP contribution is -2.33. The minimum Gasteiger partial charge on any atom is -0.476 e. The summed E-state index contributed by atoms with van der Waals surface area (Å²) in [7, 11) is 0. The van der Waals surface area contributed by atoms with Gasteiger partial charge in [-0.15, -0.1) is 0 Å². The number of benzene rings is 1. The van der Waals surface area contributed by atoms with Gasteiger partial charge in [-0.2, -0.15) is 0 Å². The molecule has 25 heavy (non-hydrogen) atoms. The molecule has 0 amide bonds. The third-order valence-electron chi connectivity index (χ3n) is 4.63. The van der Waals surface area contributed by atoms with Crippen LogP contribution in [0.4, 0.5) is 0 Å². The molecular weight excluding hydrogens is 312 g/mol. The van der Waals surface area contributed by atoms with Gasteiger partial charge in [0, 0.05) is 30.4 Å². The van der Waals surface area contributed by atoms with Gasteiger partial charge in [0.2, 0.25) is 5.88 Å². The van der Waals surface area contributed by atoms with E-state index in [-0.39, 0.29) is 0 Å². The van der Waals surface area contributed by atoms with Crippen LogP contribution < -0.4 is 10.1 Å². The standard InChI is InChI=1S/C20H22N4O/c1-14-4-6-16(7-5-14)17-11-18-19(23-10-9-22-18)20(24-17)25-13-15-3-2-8-21-12-15/h4-7,9-11,15,21H,2-3,8,12-13H2,1H3/t15-/m0/s1. The van der Waals surface area contributed by atoms with E-state index < -0.39 is 0 Å². The fraction of sp³-hybridized carbons (Fsp3) is 0.350. The van der Waals surface area contributed by atoms with Crippen LogP contribution in [0.3, 0.4) is 0 Å². The summed E-state index contributed by atoms with van der Waals surface area (Å²) in [5.74, 6) is 1.09. The molecule has 0 bridgehead atoms. The molecule has 0 aliphatic carbocycles. The fourth-order valence-corrected chi connectivity index (χ4v) is 3.18. The summed E-state index contributed by atoms with van der Waals surface area (Å²) in [5, 5.41) is 3.42. The Kier molecular flexibility index (Phi) is 4.57. The zero-order valence-corrected chi connectivity index (χ0v) is 14.4. The van der Waals surface area contributed by atoms with Gasteiger partial charge in [-0.05, 0) is 32.4 Å². The lowest BCUT2D eigenvalue weighted by atomic mass is 10.0. The number of aryl methyl sites for hydroxylation is 1. The predicted molar refractivity (Wildman–Crippen MR) is 98.6 cm³/mol. The maximum Gasteiger partial charge on any atom is 0.242 e. The molecule has 1 atom stereocenters. The second kappa shape index (κ2) is 7.15. The van der Waals surface area contributed by atoms with Gasteiger partial charge in [0.05, 0.1) is 17.8 Å². The monoisotopic (exact) mass is 334 g/mol. The number of hydrogen-bond acceptors (Lipinski definition) is 5. The Hall–Kier alpha value is -2.53. The first-order valence-electron chi connectivity index (χ1n) is 8.82. The van der Waals surface area contributed by atoms with Crippen LogP contribution in [0.2, 0.25) is 0 Å². The summed E-state index contributed by atoms with van der Waals surface area (Å²) in [6, 6.07) is 10.3. The molecule has 1 aliphatic heterocycles. The van der Waals surface area contributed by atoms with Crippen molar-refractivity contribution < 1.29 is 4.74 Å². The van der Waals surface area contributed by atoms with Gasteiger partial charge in [0.1, 0.15) is 0 Å². The molecule has 1 N–H and O–H groups in total. The first kappa shape index (κ1) is 16.0. The Morgan fingerprint density at radius 1 is 1.16 bits per heavy atom. The SMILES string of the molecule is Cc1ccc(-c2cc3nccnc3c(OC[C@H]3CCCNC3)n2)cc1. The Morgan fingerprint density at radius 3 is 2.80 bits per heavy atom. The third-order valence-corrected chi connectivity index (χ3v) is 4.63. The van der Waals surface area contributed by atoms with E-state index in [0.29, 0.717) is 18.4 Å². The van der Waals surface area contributed by atoms with Crippen molar-refractivity contribution in [2.75, 3.05) is 19.7 Å². The summed E-state index contributed by atoms with van der Waals surface area (Å²) < 4.78 is 6.09. The maximum atomic E-state index is 6.09. The number of ether oxygens (including phenoxy) is 1. The van der Waals surface area contributed by atoms with Crippen LogP contribution in [0.5, 0.6) is 5.88 Å². The van der Waals surface area contributed by atoms with Crippen molar-refractivity contribution in [2.24, 2.45) is 5.92 Å². The van der Waals surface area contributed by atoms with Crippen LogP contribution in [0.25, 0.3) is 22.3 Å². The van der Waals surface area contributed by atoms with Crippen molar-refractivity contribution in [1.29, 1.82) is 0 Å². The molecular formula is C20H22N4O. The van der Waals surface area contributed by atoms with Crippen molar-refractivity contribution in [3.8, 4) is 17.1 Å². The molecule has 0 saturated carbocycles. The summed E-state index contributed by atoms with van der Waals surface area (Å²) in [6.07, 6.45) is 5.78. The molecule has 5 nitrogen and oxygen atoms in total. The van der Waals surface area contributed by atoms with E-state index in [4.69, 9.17) is 9.72 Å². The number of pyridine rings is 1. The van der Waals surface area contributed by atoms with Gasteiger partial charge in [0.25, 0.3) is 0 Å². The lowest BCUT2D eigenvalue weighted by molar-refractivity contribution is 0.214. The Morgan fingerprint density at radius 2 is 2.00 bits per heavy atom. The van der Waals surface area contributed by atoms with Crippen LogP contribution in [0.1, 0.15) is 18.4 Å². The van der Waals surface area contributed by atoms with E-state index in [1.54, 1.807) is 12.4 Å². The minimum absolute atomic E-state index is 0.519. The molecule has 1 fully saturated rings. The quantitative estimate of drug-likeness (QED) is 0.792. The highest BCUT2D eigenvalue weighted by molar-refractivity contribution is 5.83. The van der Waals surface area contributed by atoms with E-state index in [9.17, 15) is 0 Å². The molecule has 0 spiro atoms. The molecule has 5 heteroatoms. The molecule has 1 aliphatic rings. The maximum absolute atomic E-state index is 6.09. The Balaban J connectivity index is 1.67. The summed E-state index contributed by atoms with van der Waals surface area (Å²) in [6.45, 7) is 4.84. The number of fused-ring (bicyclic) bond motifs is 1. The number of hydrogen-bond donors (Lipinski definition) is 1. The van der Waals surface area contributed by atoms with Gasteiger partial charge in [-0.3, -0.25) is 4.98 Å². The Bertz CT molecular complexity index is 857. The summed E-state index contributed by atoms with van der Waals surface area (Å²) in [4.78, 5) is 13.6. The average Bonchev–Trinajstić information content (AvgIpc) is 2.67. The van der Waals surface area contributed by atoms with Gasteiger partial charge in [0.15, 0.2) is 5.52 Å². The van der Waals surface area contributed by atoms with Gasteiger partial charge in [-0.1, -0.05) is 29.8 Å². The average molecular weight is 334 g/mol. The van der Waals surface area contributed by atoms with E-state index in [1.807, 2.05) is 6.07 Å². The van der Waals surface area contributed by atoms with E-state index in [0.717, 1.165) is 35.4 Å². The summed E-state index contributed by atoms with van der Waals surface area (Å²) >= 11 is 0. The van der Waals surface area contributed by atoms with Crippen LogP contribution in [0, 0.1) is 12.8 Å². The molecule has 3 aromatic rings. The highest BCUT2D eigenvalue weighted by Gasteiger charge is 2.16. The number of piperidine rings is 1. The molecule has 3 heterocycles. The molecule has 2 aromatic heterocycles. The fourth-order valence-electron chi connectivity index (χ4n) is 3.18. The van der Waals surface area contributed by atoms with E-state index >= 15 is 0 Å². The predicted octanol–water partition coefficient (Wildman–Crippen LogP) is 3.38. The van der Waals surface area contributed by atoms with Crippen LogP contribution >= 0.6 is 0 Å². The first-order chi connectivity index (χ1) is 12.3. The molecule has 0 radical (unpaired) electrons. The zero-order chi connectivity index (χ0) is 17.1. The van der Waals surface area contributed by atoms with Crippen LogP contribution in [0.15, 0.2) is 42.7 Å². The number of aromatic nitrogens is 3. The van der Waals surface area contributed by atoms with Gasteiger partial charge >= 0.3 is 0 Å². The van der Waals surface area contributed by atoms with Gasteiger partial charge in [-0.25, -0.2) is 9.97 Å². The zero-order valence-electron chi connectivity index (χ0n) is 14.4. The third kappa shape index (κ3) is 3.61. The largest absolute Gasteiger partial charge is 0.476 e. The molecule has 1 saturated heterocycles. The number of rotatable bonds is 4. The Labute approximate surface area is 147 Å². The topological polar surface area (TPSA) is 59.9 Å². The normalized spacial score (nSPS) is 17.6. The number of nitrogens with zero attached hydrogens (tertiary/aromatic N) is 3. The van der Waals surface area contributed by atoms with E-state index in [1.165, 1.54) is 18.4 Å².